The molecule has 0 bridgehead atoms. The van der Waals surface area contributed by atoms with Gasteiger partial charge in [0.2, 0.25) is 0 Å². The van der Waals surface area contributed by atoms with E-state index in [1.165, 1.54) is 0 Å². The Hall–Kier alpha value is -1.62. The zero-order valence-electron chi connectivity index (χ0n) is 8.34. The lowest BCUT2D eigenvalue weighted by molar-refractivity contribution is 0.861. The van der Waals surface area contributed by atoms with Gasteiger partial charge in [0.05, 0.1) is 17.9 Å². The molecule has 15 heavy (non-hydrogen) atoms. The zero-order valence-corrected chi connectivity index (χ0v) is 9.16. The molecule has 0 aromatic carbocycles. The fourth-order valence-electron chi connectivity index (χ4n) is 1.22. The molecule has 4 nitrogen and oxygen atoms in total. The summed E-state index contributed by atoms with van der Waals surface area (Å²) in [4.78, 5) is 8.40. The number of nitrogens with one attached hydrogen (secondary N) is 1. The second-order valence-corrected chi connectivity index (χ2v) is 4.14. The topological polar surface area (TPSA) is 63.8 Å². The summed E-state index contributed by atoms with van der Waals surface area (Å²) in [5, 5.41) is 6.26. The van der Waals surface area contributed by atoms with Crippen LogP contribution in [0.1, 0.15) is 18.0 Å². The van der Waals surface area contributed by atoms with E-state index < -0.39 is 0 Å². The summed E-state index contributed by atoms with van der Waals surface area (Å²) in [6, 6.07) is 3.85. The number of hydrogen-bond donors (Lipinski definition) is 2. The van der Waals surface area contributed by atoms with Gasteiger partial charge in [0.15, 0.2) is 0 Å². The first-order valence-electron chi connectivity index (χ1n) is 4.63. The molecule has 2 heterocycles. The van der Waals surface area contributed by atoms with E-state index in [-0.39, 0.29) is 6.04 Å². The van der Waals surface area contributed by atoms with Crippen molar-refractivity contribution in [1.82, 2.24) is 9.97 Å². The number of aromatic nitrogens is 2. The smallest absolute Gasteiger partial charge is 0.126 e. The van der Waals surface area contributed by atoms with Gasteiger partial charge in [-0.2, -0.15) is 0 Å². The Kier molecular flexibility index (Phi) is 2.82. The largest absolute Gasteiger partial charge is 0.397 e. The number of nitrogen functional groups attached to an aromatic ring is 1. The number of nitrogens with zero attached hydrogens (tertiary/aromatic N) is 2. The minimum absolute atomic E-state index is 0.168. The maximum absolute atomic E-state index is 5.55. The number of hydrogen-bond acceptors (Lipinski definition) is 5. The van der Waals surface area contributed by atoms with Gasteiger partial charge >= 0.3 is 0 Å². The van der Waals surface area contributed by atoms with E-state index in [9.17, 15) is 0 Å². The van der Waals surface area contributed by atoms with E-state index in [1.807, 2.05) is 17.5 Å². The van der Waals surface area contributed by atoms with Crippen molar-refractivity contribution in [2.45, 2.75) is 13.0 Å². The van der Waals surface area contributed by atoms with Gasteiger partial charge < -0.3 is 11.1 Å². The van der Waals surface area contributed by atoms with Gasteiger partial charge in [-0.25, -0.2) is 9.97 Å². The third-order valence-corrected chi connectivity index (χ3v) is 2.93. The molecule has 2 aromatic heterocycles. The molecule has 0 aliphatic heterocycles. The third-order valence-electron chi connectivity index (χ3n) is 1.97. The van der Waals surface area contributed by atoms with Crippen molar-refractivity contribution < 1.29 is 0 Å². The predicted octanol–water partition coefficient (Wildman–Crippen LogP) is 2.29. The summed E-state index contributed by atoms with van der Waals surface area (Å²) >= 11 is 1.63. The second-order valence-electron chi connectivity index (χ2n) is 3.21. The quantitative estimate of drug-likeness (QED) is 0.833. The van der Waals surface area contributed by atoms with E-state index in [0.717, 1.165) is 10.8 Å². The van der Waals surface area contributed by atoms with E-state index in [4.69, 9.17) is 5.73 Å². The SMILES string of the molecule is CC(Nc1ccc(N)cn1)c1nccs1. The van der Waals surface area contributed by atoms with Crippen molar-refractivity contribution in [3.8, 4) is 0 Å². The Morgan fingerprint density at radius 1 is 1.40 bits per heavy atom. The summed E-state index contributed by atoms with van der Waals surface area (Å²) in [5.74, 6) is 0.812. The second kappa shape index (κ2) is 4.27. The van der Waals surface area contributed by atoms with Crippen molar-refractivity contribution in [3.05, 3.63) is 34.9 Å². The molecule has 0 radical (unpaired) electrons. The van der Waals surface area contributed by atoms with Crippen LogP contribution in [0.2, 0.25) is 0 Å². The molecule has 1 unspecified atom stereocenters. The van der Waals surface area contributed by atoms with E-state index in [0.29, 0.717) is 5.69 Å². The maximum atomic E-state index is 5.55. The Balaban J connectivity index is 2.06. The van der Waals surface area contributed by atoms with Crippen LogP contribution in [-0.2, 0) is 0 Å². The minimum atomic E-state index is 0.168. The highest BCUT2D eigenvalue weighted by Crippen LogP contribution is 2.19. The van der Waals surface area contributed by atoms with Gasteiger partial charge in [-0.1, -0.05) is 0 Å². The summed E-state index contributed by atoms with van der Waals surface area (Å²) in [6.07, 6.45) is 3.44. The lowest BCUT2D eigenvalue weighted by Gasteiger charge is -2.11. The molecular weight excluding hydrogens is 208 g/mol. The molecular formula is C10H12N4S. The summed E-state index contributed by atoms with van der Waals surface area (Å²) in [5.41, 5.74) is 6.22. The minimum Gasteiger partial charge on any atom is -0.397 e. The van der Waals surface area contributed by atoms with Gasteiger partial charge in [0.1, 0.15) is 10.8 Å². The van der Waals surface area contributed by atoms with E-state index in [2.05, 4.69) is 22.2 Å². The van der Waals surface area contributed by atoms with Gasteiger partial charge in [0, 0.05) is 11.6 Å². The number of nitrogens with two attached hydrogens (primary N) is 1. The van der Waals surface area contributed by atoms with Crippen molar-refractivity contribution in [1.29, 1.82) is 0 Å². The van der Waals surface area contributed by atoms with Crippen molar-refractivity contribution >= 4 is 22.8 Å². The first-order valence-corrected chi connectivity index (χ1v) is 5.51. The summed E-state index contributed by atoms with van der Waals surface area (Å²) < 4.78 is 0. The van der Waals surface area contributed by atoms with Gasteiger partial charge in [-0.05, 0) is 19.1 Å². The molecule has 2 rings (SSSR count). The molecule has 0 amide bonds. The lowest BCUT2D eigenvalue weighted by atomic mass is 10.3. The van der Waals surface area contributed by atoms with Crippen LogP contribution >= 0.6 is 11.3 Å². The van der Waals surface area contributed by atoms with Gasteiger partial charge in [-0.15, -0.1) is 11.3 Å². The predicted molar refractivity (Wildman–Crippen MR) is 62.8 cm³/mol. The fraction of sp³-hybridized carbons (Fsp3) is 0.200. The van der Waals surface area contributed by atoms with Crippen LogP contribution in [0.15, 0.2) is 29.9 Å². The Bertz CT molecular complexity index is 409. The molecule has 0 aliphatic carbocycles. The molecule has 0 fully saturated rings. The van der Waals surface area contributed by atoms with Crippen molar-refractivity contribution in [2.75, 3.05) is 11.1 Å². The number of rotatable bonds is 3. The van der Waals surface area contributed by atoms with Crippen LogP contribution in [0.4, 0.5) is 11.5 Å². The van der Waals surface area contributed by atoms with Crippen LogP contribution in [-0.4, -0.2) is 9.97 Å². The molecule has 78 valence electrons. The highest BCUT2D eigenvalue weighted by Gasteiger charge is 2.07. The van der Waals surface area contributed by atoms with Crippen LogP contribution in [0.3, 0.4) is 0 Å². The molecule has 3 N–H and O–H groups in total. The lowest BCUT2D eigenvalue weighted by Crippen LogP contribution is -2.07. The standard InChI is InChI=1S/C10H12N4S/c1-7(10-12-4-5-15-10)14-9-3-2-8(11)6-13-9/h2-7H,11H2,1H3,(H,13,14). The molecule has 5 heteroatoms. The summed E-state index contributed by atoms with van der Waals surface area (Å²) in [7, 11) is 0. The first kappa shape index (κ1) is 9.92. The molecule has 0 aliphatic rings. The monoisotopic (exact) mass is 220 g/mol. The number of thiazole rings is 1. The molecule has 0 saturated carbocycles. The third kappa shape index (κ3) is 2.44. The Labute approximate surface area is 92.2 Å². The Morgan fingerprint density at radius 3 is 2.87 bits per heavy atom. The van der Waals surface area contributed by atoms with Crippen molar-refractivity contribution in [2.24, 2.45) is 0 Å². The van der Waals surface area contributed by atoms with Crippen LogP contribution in [0, 0.1) is 0 Å². The Morgan fingerprint density at radius 2 is 2.27 bits per heavy atom. The highest BCUT2D eigenvalue weighted by atomic mass is 32.1. The average molecular weight is 220 g/mol. The average Bonchev–Trinajstić information content (AvgIpc) is 2.74. The summed E-state index contributed by atoms with van der Waals surface area (Å²) in [6.45, 7) is 2.05. The zero-order chi connectivity index (χ0) is 10.7. The van der Waals surface area contributed by atoms with Gasteiger partial charge in [-0.3, -0.25) is 0 Å². The van der Waals surface area contributed by atoms with Crippen LogP contribution in [0.5, 0.6) is 0 Å². The van der Waals surface area contributed by atoms with E-state index >= 15 is 0 Å². The normalized spacial score (nSPS) is 12.3. The highest BCUT2D eigenvalue weighted by molar-refractivity contribution is 7.09. The number of pyridine rings is 1. The first-order chi connectivity index (χ1) is 7.25. The number of anilines is 2. The van der Waals surface area contributed by atoms with Gasteiger partial charge in [0.25, 0.3) is 0 Å². The van der Waals surface area contributed by atoms with Crippen molar-refractivity contribution in [3.63, 3.8) is 0 Å². The molecule has 1 atom stereocenters. The fourth-order valence-corrected chi connectivity index (χ4v) is 1.87. The molecule has 0 saturated heterocycles. The molecule has 2 aromatic rings. The van der Waals surface area contributed by atoms with E-state index in [1.54, 1.807) is 23.7 Å². The van der Waals surface area contributed by atoms with Crippen LogP contribution in [0.25, 0.3) is 0 Å². The maximum Gasteiger partial charge on any atom is 0.126 e. The molecule has 0 spiro atoms. The van der Waals surface area contributed by atoms with Crippen LogP contribution < -0.4 is 11.1 Å².